The van der Waals surface area contributed by atoms with E-state index in [4.69, 9.17) is 4.74 Å². The minimum atomic E-state index is 0.200. The Morgan fingerprint density at radius 2 is 1.76 bits per heavy atom. The molecule has 2 aliphatic heterocycles. The fraction of sp³-hybridized carbons (Fsp3) is 0.889. The van der Waals surface area contributed by atoms with Crippen LogP contribution in [-0.4, -0.2) is 70.6 Å². The van der Waals surface area contributed by atoms with Gasteiger partial charge in [-0.15, -0.1) is 0 Å². The Hall–Kier alpha value is -1.27. The number of nitrogens with one attached hydrogen (secondary N) is 1. The third-order valence-corrected chi connectivity index (χ3v) is 9.09. The highest BCUT2D eigenvalue weighted by Crippen LogP contribution is 2.41. The van der Waals surface area contributed by atoms with Crippen molar-refractivity contribution in [2.24, 2.45) is 11.8 Å². The van der Waals surface area contributed by atoms with Crippen molar-refractivity contribution in [3.63, 3.8) is 0 Å². The highest BCUT2D eigenvalue weighted by atomic mass is 16.5. The van der Waals surface area contributed by atoms with Crippen molar-refractivity contribution in [1.29, 1.82) is 0 Å². The fourth-order valence-corrected chi connectivity index (χ4v) is 7.30. The SMILES string of the molecule is C=C(OC1CCCCC1)N1CC(C)N(C(C)=O)C2CCC(C3CNN(C(CC)CC)C3)CC21. The highest BCUT2D eigenvalue weighted by molar-refractivity contribution is 5.74. The third-order valence-electron chi connectivity index (χ3n) is 9.09. The molecule has 33 heavy (non-hydrogen) atoms. The molecule has 5 unspecified atom stereocenters. The Morgan fingerprint density at radius 1 is 1.03 bits per heavy atom. The molecular weight excluding hydrogens is 412 g/mol. The zero-order valence-corrected chi connectivity index (χ0v) is 21.6. The lowest BCUT2D eigenvalue weighted by molar-refractivity contribution is -0.145. The molecule has 2 aliphatic carbocycles. The smallest absolute Gasteiger partial charge is 0.220 e. The molecule has 188 valence electrons. The molecule has 4 aliphatic rings. The molecule has 0 aromatic rings. The second kappa shape index (κ2) is 11.0. The Balaban J connectivity index is 1.47. The first-order chi connectivity index (χ1) is 15.9. The summed E-state index contributed by atoms with van der Waals surface area (Å²) in [5, 5.41) is 2.50. The Kier molecular flexibility index (Phi) is 8.27. The van der Waals surface area contributed by atoms with Crippen LogP contribution in [0, 0.1) is 11.8 Å². The molecule has 1 amide bonds. The van der Waals surface area contributed by atoms with Gasteiger partial charge in [0.15, 0.2) is 5.88 Å². The summed E-state index contributed by atoms with van der Waals surface area (Å²) in [6.45, 7) is 16.0. The number of fused-ring (bicyclic) bond motifs is 1. The molecule has 2 saturated carbocycles. The zero-order valence-electron chi connectivity index (χ0n) is 21.6. The number of amides is 1. The minimum absolute atomic E-state index is 0.200. The maximum absolute atomic E-state index is 12.6. The van der Waals surface area contributed by atoms with Crippen molar-refractivity contribution in [2.75, 3.05) is 19.6 Å². The summed E-state index contributed by atoms with van der Waals surface area (Å²) in [5.74, 6) is 2.45. The van der Waals surface area contributed by atoms with Gasteiger partial charge < -0.3 is 14.5 Å². The van der Waals surface area contributed by atoms with E-state index in [0.717, 1.165) is 51.2 Å². The summed E-state index contributed by atoms with van der Waals surface area (Å²) in [6, 6.07) is 1.43. The number of hydrazine groups is 1. The molecule has 0 spiro atoms. The summed E-state index contributed by atoms with van der Waals surface area (Å²) in [4.78, 5) is 17.2. The molecule has 6 heteroatoms. The lowest BCUT2D eigenvalue weighted by Gasteiger charge is -2.55. The number of carbonyl (C=O) groups is 1. The predicted octanol–water partition coefficient (Wildman–Crippen LogP) is 4.52. The van der Waals surface area contributed by atoms with Crippen LogP contribution >= 0.6 is 0 Å². The standard InChI is InChI=1S/C27H48N4O2/c1-6-24(7-2)30-18-23(16-28-30)22-13-14-26-27(15-22)29(17-19(3)31(26)20(4)32)21(5)33-25-11-9-8-10-12-25/h19,22-28H,5-18H2,1-4H3. The van der Waals surface area contributed by atoms with Gasteiger partial charge in [0.2, 0.25) is 5.91 Å². The van der Waals surface area contributed by atoms with E-state index in [9.17, 15) is 4.79 Å². The number of piperazine rings is 1. The molecule has 0 bridgehead atoms. The van der Waals surface area contributed by atoms with E-state index in [2.05, 4.69) is 47.6 Å². The van der Waals surface area contributed by atoms with Crippen molar-refractivity contribution in [3.05, 3.63) is 12.5 Å². The van der Waals surface area contributed by atoms with Gasteiger partial charge in [-0.2, -0.15) is 0 Å². The molecule has 5 atom stereocenters. The van der Waals surface area contributed by atoms with Crippen LogP contribution in [0.3, 0.4) is 0 Å². The number of hydrogen-bond donors (Lipinski definition) is 1. The predicted molar refractivity (Wildman–Crippen MR) is 133 cm³/mol. The number of rotatable bonds is 7. The van der Waals surface area contributed by atoms with E-state index in [1.807, 2.05) is 0 Å². The third kappa shape index (κ3) is 5.37. The first kappa shape index (κ1) is 24.8. The van der Waals surface area contributed by atoms with Gasteiger partial charge in [0, 0.05) is 38.6 Å². The molecule has 0 radical (unpaired) electrons. The van der Waals surface area contributed by atoms with Crippen molar-refractivity contribution in [3.8, 4) is 0 Å². The molecule has 4 rings (SSSR count). The van der Waals surface area contributed by atoms with E-state index in [1.54, 1.807) is 6.92 Å². The van der Waals surface area contributed by atoms with Gasteiger partial charge in [-0.3, -0.25) is 10.2 Å². The molecule has 4 fully saturated rings. The molecule has 2 heterocycles. The topological polar surface area (TPSA) is 48.1 Å². The summed E-state index contributed by atoms with van der Waals surface area (Å²) >= 11 is 0. The van der Waals surface area contributed by atoms with Crippen LogP contribution in [0.2, 0.25) is 0 Å². The van der Waals surface area contributed by atoms with Gasteiger partial charge in [0.1, 0.15) is 6.10 Å². The highest BCUT2D eigenvalue weighted by Gasteiger charge is 2.47. The fourth-order valence-electron chi connectivity index (χ4n) is 7.30. The number of carbonyl (C=O) groups excluding carboxylic acids is 1. The second-order valence-electron chi connectivity index (χ2n) is 11.2. The molecule has 0 aromatic heterocycles. The van der Waals surface area contributed by atoms with Crippen molar-refractivity contribution < 1.29 is 9.53 Å². The van der Waals surface area contributed by atoms with Crippen LogP contribution in [0.1, 0.15) is 91.9 Å². The van der Waals surface area contributed by atoms with Crippen LogP contribution in [0.25, 0.3) is 0 Å². The number of hydrogen-bond acceptors (Lipinski definition) is 5. The van der Waals surface area contributed by atoms with E-state index in [0.29, 0.717) is 30.0 Å². The lowest BCUT2D eigenvalue weighted by atomic mass is 9.73. The van der Waals surface area contributed by atoms with Gasteiger partial charge in [-0.05, 0) is 83.1 Å². The minimum Gasteiger partial charge on any atom is -0.476 e. The lowest BCUT2D eigenvalue weighted by Crippen LogP contribution is -2.65. The van der Waals surface area contributed by atoms with Crippen LogP contribution in [-0.2, 0) is 9.53 Å². The molecule has 1 N–H and O–H groups in total. The van der Waals surface area contributed by atoms with Crippen LogP contribution in [0.4, 0.5) is 0 Å². The normalized spacial score (nSPS) is 33.9. The summed E-state index contributed by atoms with van der Waals surface area (Å²) in [6.07, 6.45) is 12.3. The zero-order chi connectivity index (χ0) is 23.5. The summed E-state index contributed by atoms with van der Waals surface area (Å²) in [7, 11) is 0. The van der Waals surface area contributed by atoms with Crippen LogP contribution < -0.4 is 5.43 Å². The first-order valence-electron chi connectivity index (χ1n) is 13.8. The Labute approximate surface area is 202 Å². The van der Waals surface area contributed by atoms with Gasteiger partial charge in [0.05, 0.1) is 12.1 Å². The Morgan fingerprint density at radius 3 is 2.42 bits per heavy atom. The number of nitrogens with zero attached hydrogens (tertiary/aromatic N) is 3. The quantitative estimate of drug-likeness (QED) is 0.566. The van der Waals surface area contributed by atoms with Gasteiger partial charge in [-0.1, -0.05) is 20.3 Å². The summed E-state index contributed by atoms with van der Waals surface area (Å²) < 4.78 is 6.47. The van der Waals surface area contributed by atoms with Gasteiger partial charge in [0.25, 0.3) is 0 Å². The van der Waals surface area contributed by atoms with Gasteiger partial charge in [-0.25, -0.2) is 5.01 Å². The average molecular weight is 461 g/mol. The van der Waals surface area contributed by atoms with Crippen molar-refractivity contribution in [2.45, 2.75) is 122 Å². The molecule has 2 saturated heterocycles. The average Bonchev–Trinajstić information content (AvgIpc) is 3.29. The van der Waals surface area contributed by atoms with E-state index in [-0.39, 0.29) is 18.0 Å². The summed E-state index contributed by atoms with van der Waals surface area (Å²) in [5.41, 5.74) is 3.71. The van der Waals surface area contributed by atoms with Crippen LogP contribution in [0.5, 0.6) is 0 Å². The van der Waals surface area contributed by atoms with E-state index < -0.39 is 0 Å². The molecule has 0 aromatic carbocycles. The van der Waals surface area contributed by atoms with E-state index >= 15 is 0 Å². The van der Waals surface area contributed by atoms with Crippen LogP contribution in [0.15, 0.2) is 12.5 Å². The van der Waals surface area contributed by atoms with Crippen molar-refractivity contribution in [1.82, 2.24) is 20.2 Å². The maximum atomic E-state index is 12.6. The second-order valence-corrected chi connectivity index (χ2v) is 11.2. The van der Waals surface area contributed by atoms with Gasteiger partial charge >= 0.3 is 0 Å². The number of ether oxygens (including phenoxy) is 1. The molecule has 6 nitrogen and oxygen atoms in total. The Bertz CT molecular complexity index is 675. The monoisotopic (exact) mass is 460 g/mol. The molecular formula is C27H48N4O2. The first-order valence-corrected chi connectivity index (χ1v) is 13.8. The van der Waals surface area contributed by atoms with E-state index in [1.165, 1.54) is 38.5 Å². The maximum Gasteiger partial charge on any atom is 0.220 e. The largest absolute Gasteiger partial charge is 0.476 e. The van der Waals surface area contributed by atoms with Crippen molar-refractivity contribution >= 4 is 5.91 Å².